The van der Waals surface area contributed by atoms with E-state index >= 15 is 0 Å². The highest BCUT2D eigenvalue weighted by atomic mass is 79.9. The molecule has 1 atom stereocenters. The summed E-state index contributed by atoms with van der Waals surface area (Å²) >= 11 is 3.18. The van der Waals surface area contributed by atoms with E-state index in [1.807, 2.05) is 42.6 Å². The molecule has 2 aromatic heterocycles. The van der Waals surface area contributed by atoms with Crippen LogP contribution in [0.4, 0.5) is 14.9 Å². The maximum Gasteiger partial charge on any atom is 0.319 e. The number of hydrogen-bond acceptors (Lipinski definition) is 3. The van der Waals surface area contributed by atoms with Gasteiger partial charge in [0.25, 0.3) is 0 Å². The van der Waals surface area contributed by atoms with Gasteiger partial charge in [-0.2, -0.15) is 0 Å². The zero-order valence-corrected chi connectivity index (χ0v) is 15.3. The summed E-state index contributed by atoms with van der Waals surface area (Å²) in [5.41, 5.74) is 0.804. The van der Waals surface area contributed by atoms with Crippen LogP contribution in [-0.4, -0.2) is 20.6 Å². The van der Waals surface area contributed by atoms with Crippen LogP contribution >= 0.6 is 15.9 Å². The first-order valence-electron chi connectivity index (χ1n) is 7.78. The quantitative estimate of drug-likeness (QED) is 0.684. The van der Waals surface area contributed by atoms with Gasteiger partial charge in [0, 0.05) is 10.7 Å². The van der Waals surface area contributed by atoms with Crippen molar-refractivity contribution in [2.45, 2.75) is 19.9 Å². The number of anilines is 1. The molecule has 6 nitrogen and oxygen atoms in total. The van der Waals surface area contributed by atoms with Crippen molar-refractivity contribution in [3.8, 4) is 0 Å². The monoisotopic (exact) mass is 405 g/mol. The first-order chi connectivity index (χ1) is 12.0. The Labute approximate surface area is 152 Å². The largest absolute Gasteiger partial charge is 0.328 e. The van der Waals surface area contributed by atoms with Crippen LogP contribution in [0.25, 0.3) is 5.65 Å². The molecular formula is C17H17BrFN5O. The molecule has 0 spiro atoms. The Hall–Kier alpha value is -2.48. The normalized spacial score (nSPS) is 12.4. The molecule has 8 heteroatoms. The number of carbonyl (C=O) groups is 1. The lowest BCUT2D eigenvalue weighted by Gasteiger charge is -2.21. The lowest BCUT2D eigenvalue weighted by Crippen LogP contribution is -2.36. The van der Waals surface area contributed by atoms with Gasteiger partial charge in [-0.3, -0.25) is 4.40 Å². The summed E-state index contributed by atoms with van der Waals surface area (Å²) in [7, 11) is 0. The predicted molar refractivity (Wildman–Crippen MR) is 96.8 cm³/mol. The average Bonchev–Trinajstić information content (AvgIpc) is 2.99. The Balaban J connectivity index is 1.81. The average molecular weight is 406 g/mol. The van der Waals surface area contributed by atoms with Crippen molar-refractivity contribution in [3.63, 3.8) is 0 Å². The lowest BCUT2D eigenvalue weighted by molar-refractivity contribution is 0.243. The highest BCUT2D eigenvalue weighted by Crippen LogP contribution is 2.22. The second kappa shape index (κ2) is 7.18. The topological polar surface area (TPSA) is 71.3 Å². The molecule has 0 fully saturated rings. The van der Waals surface area contributed by atoms with E-state index in [4.69, 9.17) is 0 Å². The number of pyridine rings is 1. The van der Waals surface area contributed by atoms with Gasteiger partial charge in [-0.05, 0) is 36.2 Å². The highest BCUT2D eigenvalue weighted by Gasteiger charge is 2.24. The number of aromatic nitrogens is 3. The van der Waals surface area contributed by atoms with E-state index in [2.05, 4.69) is 36.8 Å². The molecule has 2 amide bonds. The molecule has 0 unspecified atom stereocenters. The zero-order valence-electron chi connectivity index (χ0n) is 13.7. The standard InChI is InChI=1S/C17H17BrFN5O/c1-10(2)15(16-23-22-14-5-3-4-8-24(14)16)21-17(25)20-13-7-6-11(18)9-12(13)19/h3-10,15H,1-2H3,(H2,20,21,25)/t15-/m1/s1. The van der Waals surface area contributed by atoms with Gasteiger partial charge in [0.2, 0.25) is 0 Å². The summed E-state index contributed by atoms with van der Waals surface area (Å²) in [6.45, 7) is 3.93. The lowest BCUT2D eigenvalue weighted by atomic mass is 10.0. The van der Waals surface area contributed by atoms with E-state index in [9.17, 15) is 9.18 Å². The molecule has 130 valence electrons. The summed E-state index contributed by atoms with van der Waals surface area (Å²) in [5, 5.41) is 13.7. The maximum atomic E-state index is 13.9. The molecule has 0 saturated heterocycles. The molecule has 0 aliphatic heterocycles. The van der Waals surface area contributed by atoms with Crippen molar-refractivity contribution in [2.24, 2.45) is 5.92 Å². The van der Waals surface area contributed by atoms with Gasteiger partial charge in [0.1, 0.15) is 5.82 Å². The second-order valence-electron chi connectivity index (χ2n) is 5.93. The molecule has 0 saturated carbocycles. The molecule has 0 radical (unpaired) electrons. The number of urea groups is 1. The van der Waals surface area contributed by atoms with E-state index in [0.29, 0.717) is 15.9 Å². The number of rotatable bonds is 4. The number of fused-ring (bicyclic) bond motifs is 1. The highest BCUT2D eigenvalue weighted by molar-refractivity contribution is 9.10. The summed E-state index contributed by atoms with van der Waals surface area (Å²) < 4.78 is 16.3. The van der Waals surface area contributed by atoms with Gasteiger partial charge in [-0.15, -0.1) is 10.2 Å². The smallest absolute Gasteiger partial charge is 0.319 e. The molecule has 3 rings (SSSR count). The third-order valence-corrected chi connectivity index (χ3v) is 4.24. The molecule has 0 aliphatic rings. The molecule has 2 N–H and O–H groups in total. The summed E-state index contributed by atoms with van der Waals surface area (Å²) in [5.74, 6) is 0.170. The van der Waals surface area contributed by atoms with Crippen LogP contribution in [0.15, 0.2) is 47.1 Å². The van der Waals surface area contributed by atoms with Crippen molar-refractivity contribution in [1.82, 2.24) is 19.9 Å². The van der Waals surface area contributed by atoms with Crippen molar-refractivity contribution < 1.29 is 9.18 Å². The Bertz CT molecular complexity index is 911. The van der Waals surface area contributed by atoms with Crippen LogP contribution in [0, 0.1) is 11.7 Å². The number of nitrogens with one attached hydrogen (secondary N) is 2. The number of nitrogens with zero attached hydrogens (tertiary/aromatic N) is 3. The number of benzene rings is 1. The molecular weight excluding hydrogens is 389 g/mol. The van der Waals surface area contributed by atoms with E-state index in [-0.39, 0.29) is 17.6 Å². The summed E-state index contributed by atoms with van der Waals surface area (Å²) in [4.78, 5) is 12.3. The minimum Gasteiger partial charge on any atom is -0.328 e. The SMILES string of the molecule is CC(C)[C@@H](NC(=O)Nc1ccc(Br)cc1F)c1nnc2ccccn12. The van der Waals surface area contributed by atoms with Crippen LogP contribution in [0.5, 0.6) is 0 Å². The third-order valence-electron chi connectivity index (χ3n) is 3.75. The first-order valence-corrected chi connectivity index (χ1v) is 8.57. The summed E-state index contributed by atoms with van der Waals surface area (Å²) in [6, 6.07) is 9.14. The predicted octanol–water partition coefficient (Wildman–Crippen LogP) is 4.15. The second-order valence-corrected chi connectivity index (χ2v) is 6.85. The Morgan fingerprint density at radius 1 is 1.24 bits per heavy atom. The molecule has 0 aliphatic carbocycles. The van der Waals surface area contributed by atoms with Crippen LogP contribution in [-0.2, 0) is 0 Å². The van der Waals surface area contributed by atoms with Crippen LogP contribution in [0.3, 0.4) is 0 Å². The minimum atomic E-state index is -0.515. The Kier molecular flexibility index (Phi) is 4.98. The van der Waals surface area contributed by atoms with Crippen molar-refractivity contribution in [3.05, 3.63) is 58.7 Å². The fourth-order valence-corrected chi connectivity index (χ4v) is 2.82. The van der Waals surface area contributed by atoms with Crippen molar-refractivity contribution in [1.29, 1.82) is 0 Å². The molecule has 1 aromatic carbocycles. The van der Waals surface area contributed by atoms with E-state index in [1.165, 1.54) is 12.1 Å². The van der Waals surface area contributed by atoms with Gasteiger partial charge >= 0.3 is 6.03 Å². The Morgan fingerprint density at radius 2 is 2.04 bits per heavy atom. The van der Waals surface area contributed by atoms with Crippen LogP contribution < -0.4 is 10.6 Å². The third kappa shape index (κ3) is 3.79. The van der Waals surface area contributed by atoms with Crippen molar-refractivity contribution >= 4 is 33.3 Å². The fourth-order valence-electron chi connectivity index (χ4n) is 2.49. The fraction of sp³-hybridized carbons (Fsp3) is 0.235. The molecule has 2 heterocycles. The van der Waals surface area contributed by atoms with Crippen LogP contribution in [0.2, 0.25) is 0 Å². The molecule has 25 heavy (non-hydrogen) atoms. The zero-order chi connectivity index (χ0) is 18.0. The van der Waals surface area contributed by atoms with Gasteiger partial charge in [0.05, 0.1) is 11.7 Å². The van der Waals surface area contributed by atoms with E-state index in [1.54, 1.807) is 6.07 Å². The van der Waals surface area contributed by atoms with Gasteiger partial charge in [-0.25, -0.2) is 9.18 Å². The van der Waals surface area contributed by atoms with Gasteiger partial charge in [-0.1, -0.05) is 35.8 Å². The number of hydrogen-bond donors (Lipinski definition) is 2. The maximum absolute atomic E-state index is 13.9. The van der Waals surface area contributed by atoms with Gasteiger partial charge in [0.15, 0.2) is 11.5 Å². The molecule has 0 bridgehead atoms. The van der Waals surface area contributed by atoms with Crippen LogP contribution in [0.1, 0.15) is 25.7 Å². The number of amides is 2. The summed E-state index contributed by atoms with van der Waals surface area (Å²) in [6.07, 6.45) is 1.84. The number of carbonyl (C=O) groups excluding carboxylic acids is 1. The van der Waals surface area contributed by atoms with E-state index in [0.717, 1.165) is 0 Å². The minimum absolute atomic E-state index is 0.0631. The first kappa shape index (κ1) is 17.3. The Morgan fingerprint density at radius 3 is 2.76 bits per heavy atom. The van der Waals surface area contributed by atoms with E-state index < -0.39 is 11.8 Å². The molecule has 3 aromatic rings. The van der Waals surface area contributed by atoms with Crippen molar-refractivity contribution in [2.75, 3.05) is 5.32 Å². The number of halogens is 2. The van der Waals surface area contributed by atoms with Gasteiger partial charge < -0.3 is 10.6 Å².